The highest BCUT2D eigenvalue weighted by Gasteiger charge is 2.41. The van der Waals surface area contributed by atoms with Crippen molar-refractivity contribution < 1.29 is 33.1 Å². The first-order valence-corrected chi connectivity index (χ1v) is 20.1. The van der Waals surface area contributed by atoms with E-state index < -0.39 is 24.0 Å². The van der Waals surface area contributed by atoms with Crippen LogP contribution in [0.5, 0.6) is 5.75 Å². The molecule has 16 heteroatoms. The zero-order chi connectivity index (χ0) is 40.2. The molecule has 5 amide bonds. The quantitative estimate of drug-likeness (QED) is 0.215. The summed E-state index contributed by atoms with van der Waals surface area (Å²) in [5.74, 6) is -0.839. The van der Waals surface area contributed by atoms with Crippen LogP contribution in [0.15, 0.2) is 55.0 Å². The number of imide groups is 1. The van der Waals surface area contributed by atoms with Gasteiger partial charge in [0.15, 0.2) is 5.65 Å². The first-order valence-electron chi connectivity index (χ1n) is 20.1. The topological polar surface area (TPSA) is 162 Å². The number of piperidine rings is 2. The van der Waals surface area contributed by atoms with Gasteiger partial charge >= 0.3 is 0 Å². The molecule has 0 saturated carbocycles. The molecule has 302 valence electrons. The summed E-state index contributed by atoms with van der Waals surface area (Å²) < 4.78 is 23.3. The van der Waals surface area contributed by atoms with Crippen LogP contribution in [0.3, 0.4) is 0 Å². The summed E-state index contributed by atoms with van der Waals surface area (Å²) in [5.41, 5.74) is 4.85. The van der Waals surface area contributed by atoms with Gasteiger partial charge in [0.1, 0.15) is 23.5 Å². The summed E-state index contributed by atoms with van der Waals surface area (Å²) in [4.78, 5) is 76.1. The van der Waals surface area contributed by atoms with Crippen molar-refractivity contribution >= 4 is 46.6 Å². The molecule has 0 radical (unpaired) electrons. The van der Waals surface area contributed by atoms with Crippen LogP contribution in [0.1, 0.15) is 81.7 Å². The standard InChI is InChI=1S/C42H46FN9O6/c1-24(2)58-36-16-31-27(15-34(36)46-39(54)32-17-45-52-11-3-10-44-38(32)52)21-50(41(31)56)23-33(43)28-19-48(20-28)18-25-8-12-49(13-9-25)29-4-5-30-26(14-29)22-51(42(30)57)35-6-7-37(53)47-40(35)55/h3-5,10-11,14-17,24-25,28,33,35H,6-9,12-13,18-23H2,1-2H3,(H,46,54)(H,47,53,55)/t33-,35?/m1/s1. The number of ether oxygens (including phenoxy) is 1. The fraction of sp³-hybridized carbons (Fsp3) is 0.452. The Kier molecular flexibility index (Phi) is 9.82. The van der Waals surface area contributed by atoms with Crippen LogP contribution < -0.4 is 20.3 Å². The molecule has 3 fully saturated rings. The molecule has 9 rings (SSSR count). The van der Waals surface area contributed by atoms with E-state index in [1.807, 2.05) is 26.0 Å². The molecule has 0 aliphatic carbocycles. The average molecular weight is 792 g/mol. The lowest BCUT2D eigenvalue weighted by Crippen LogP contribution is -2.54. The van der Waals surface area contributed by atoms with E-state index in [9.17, 15) is 24.0 Å². The van der Waals surface area contributed by atoms with E-state index in [1.165, 1.54) is 10.7 Å². The first-order chi connectivity index (χ1) is 28.0. The molecule has 3 saturated heterocycles. The van der Waals surface area contributed by atoms with Crippen LogP contribution in [-0.4, -0.2) is 116 Å². The summed E-state index contributed by atoms with van der Waals surface area (Å²) in [6.45, 7) is 8.29. The number of rotatable bonds is 11. The monoisotopic (exact) mass is 791 g/mol. The summed E-state index contributed by atoms with van der Waals surface area (Å²) in [6, 6.07) is 10.4. The maximum absolute atomic E-state index is 15.8. The molecule has 4 aromatic rings. The summed E-state index contributed by atoms with van der Waals surface area (Å²) >= 11 is 0. The van der Waals surface area contributed by atoms with Crippen LogP contribution in [0, 0.1) is 11.8 Å². The van der Waals surface area contributed by atoms with Gasteiger partial charge in [-0.05, 0) is 86.6 Å². The van der Waals surface area contributed by atoms with E-state index in [0.717, 1.165) is 43.7 Å². The number of alkyl halides is 1. The number of aromatic nitrogens is 3. The van der Waals surface area contributed by atoms with Gasteiger partial charge in [-0.2, -0.15) is 5.10 Å². The normalized spacial score (nSPS) is 20.8. The second kappa shape index (κ2) is 15.1. The number of carbonyl (C=O) groups excluding carboxylic acids is 5. The number of benzene rings is 2. The number of likely N-dealkylation sites (tertiary alicyclic amines) is 1. The maximum Gasteiger partial charge on any atom is 0.261 e. The van der Waals surface area contributed by atoms with E-state index in [2.05, 4.69) is 36.6 Å². The SMILES string of the molecule is CC(C)Oc1cc2c(cc1NC(=O)c1cnn3cccnc13)CN(C[C@@H](F)C1CN(CC3CCN(c4ccc5c(c4)CN(C4CCC(=O)NC4=O)C5=O)CC3)C1)C2=O. The lowest BCUT2D eigenvalue weighted by atomic mass is 9.90. The largest absolute Gasteiger partial charge is 0.489 e. The predicted molar refractivity (Wildman–Crippen MR) is 210 cm³/mol. The van der Waals surface area contributed by atoms with Gasteiger partial charge in [-0.3, -0.25) is 29.3 Å². The third kappa shape index (κ3) is 7.14. The number of halogens is 1. The maximum atomic E-state index is 15.8. The number of nitrogens with one attached hydrogen (secondary N) is 2. The third-order valence-corrected chi connectivity index (χ3v) is 12.1. The Morgan fingerprint density at radius 2 is 1.79 bits per heavy atom. The molecular weight excluding hydrogens is 746 g/mol. The Morgan fingerprint density at radius 1 is 1.00 bits per heavy atom. The molecule has 2 atom stereocenters. The first kappa shape index (κ1) is 37.7. The third-order valence-electron chi connectivity index (χ3n) is 12.1. The molecule has 1 unspecified atom stereocenters. The van der Waals surface area contributed by atoms with Crippen molar-refractivity contribution in [2.24, 2.45) is 11.8 Å². The van der Waals surface area contributed by atoms with Crippen LogP contribution in [0.4, 0.5) is 15.8 Å². The molecule has 5 aliphatic heterocycles. The van der Waals surface area contributed by atoms with Gasteiger partial charge in [-0.25, -0.2) is 13.9 Å². The number of nitrogens with zero attached hydrogens (tertiary/aromatic N) is 7. The minimum absolute atomic E-state index is 0.00178. The van der Waals surface area contributed by atoms with Crippen LogP contribution in [0.25, 0.3) is 5.65 Å². The van der Waals surface area contributed by atoms with E-state index in [1.54, 1.807) is 40.4 Å². The Bertz CT molecular complexity index is 2320. The minimum atomic E-state index is -1.16. The molecule has 0 spiro atoms. The number of hydrogen-bond donors (Lipinski definition) is 2. The van der Waals surface area contributed by atoms with E-state index >= 15 is 4.39 Å². The number of carbonyl (C=O) groups is 5. The fourth-order valence-corrected chi connectivity index (χ4v) is 9.02. The smallest absolute Gasteiger partial charge is 0.261 e. The summed E-state index contributed by atoms with van der Waals surface area (Å²) in [5, 5.41) is 9.48. The predicted octanol–water partition coefficient (Wildman–Crippen LogP) is 3.67. The van der Waals surface area contributed by atoms with Crippen LogP contribution in [-0.2, 0) is 22.7 Å². The average Bonchev–Trinajstić information content (AvgIpc) is 3.85. The molecule has 5 aliphatic rings. The molecule has 7 heterocycles. The fourth-order valence-electron chi connectivity index (χ4n) is 9.02. The van der Waals surface area contributed by atoms with Crippen LogP contribution in [0.2, 0.25) is 0 Å². The van der Waals surface area contributed by atoms with Gasteiger partial charge in [0.2, 0.25) is 11.8 Å². The number of hydrogen-bond acceptors (Lipinski definition) is 10. The van der Waals surface area contributed by atoms with Crippen molar-refractivity contribution in [1.29, 1.82) is 0 Å². The molecule has 2 aromatic carbocycles. The molecule has 58 heavy (non-hydrogen) atoms. The van der Waals surface area contributed by atoms with E-state index in [4.69, 9.17) is 4.74 Å². The van der Waals surface area contributed by atoms with Crippen molar-refractivity contribution in [3.05, 3.63) is 82.8 Å². The van der Waals surface area contributed by atoms with Gasteiger partial charge in [0, 0.05) is 87.4 Å². The number of fused-ring (bicyclic) bond motifs is 3. The summed E-state index contributed by atoms with van der Waals surface area (Å²) in [6.07, 6.45) is 5.94. The van der Waals surface area contributed by atoms with Gasteiger partial charge in [-0.1, -0.05) is 0 Å². The van der Waals surface area contributed by atoms with E-state index in [0.29, 0.717) is 71.3 Å². The zero-order valence-corrected chi connectivity index (χ0v) is 32.5. The second-order valence-electron chi connectivity index (χ2n) is 16.4. The van der Waals surface area contributed by atoms with Gasteiger partial charge < -0.3 is 29.7 Å². The summed E-state index contributed by atoms with van der Waals surface area (Å²) in [7, 11) is 0. The molecule has 2 aromatic heterocycles. The Hall–Kier alpha value is -5.90. The van der Waals surface area contributed by atoms with Crippen molar-refractivity contribution in [2.75, 3.05) is 49.5 Å². The van der Waals surface area contributed by atoms with Crippen molar-refractivity contribution in [2.45, 2.75) is 70.9 Å². The highest BCUT2D eigenvalue weighted by Crippen LogP contribution is 2.37. The number of amides is 5. The second-order valence-corrected chi connectivity index (χ2v) is 16.4. The highest BCUT2D eigenvalue weighted by atomic mass is 19.1. The van der Waals surface area contributed by atoms with Gasteiger partial charge in [0.05, 0.1) is 24.5 Å². The van der Waals surface area contributed by atoms with Gasteiger partial charge in [-0.15, -0.1) is 0 Å². The van der Waals surface area contributed by atoms with Crippen LogP contribution >= 0.6 is 0 Å². The lowest BCUT2D eigenvalue weighted by molar-refractivity contribution is -0.136. The molecular formula is C42H46FN9O6. The van der Waals surface area contributed by atoms with Crippen molar-refractivity contribution in [3.8, 4) is 5.75 Å². The molecule has 2 N–H and O–H groups in total. The minimum Gasteiger partial charge on any atom is -0.489 e. The van der Waals surface area contributed by atoms with Crippen molar-refractivity contribution in [3.63, 3.8) is 0 Å². The Balaban J connectivity index is 0.753. The lowest BCUT2D eigenvalue weighted by Gasteiger charge is -2.44. The highest BCUT2D eigenvalue weighted by molar-refractivity contribution is 6.09. The Morgan fingerprint density at radius 3 is 2.57 bits per heavy atom. The molecule has 0 bridgehead atoms. The van der Waals surface area contributed by atoms with Gasteiger partial charge in [0.25, 0.3) is 17.7 Å². The van der Waals surface area contributed by atoms with Crippen molar-refractivity contribution in [1.82, 2.24) is 34.6 Å². The molecule has 15 nitrogen and oxygen atoms in total. The Labute approximate surface area is 334 Å². The number of anilines is 2. The zero-order valence-electron chi connectivity index (χ0n) is 32.5. The van der Waals surface area contributed by atoms with E-state index in [-0.39, 0.29) is 49.3 Å².